The molecule has 0 spiro atoms. The molecule has 0 aromatic heterocycles. The molecule has 0 saturated carbocycles. The first-order valence-corrected chi connectivity index (χ1v) is 11.0. The molecular formula is C23H27ClN2O5. The minimum Gasteiger partial charge on any atom is -0.492 e. The van der Waals surface area contributed by atoms with E-state index >= 15 is 0 Å². The lowest BCUT2D eigenvalue weighted by Gasteiger charge is -2.31. The molecule has 2 aliphatic heterocycles. The van der Waals surface area contributed by atoms with Crippen LogP contribution in [0.25, 0.3) is 0 Å². The molecular weight excluding hydrogens is 420 g/mol. The van der Waals surface area contributed by atoms with Crippen molar-refractivity contribution in [2.75, 3.05) is 49.7 Å². The number of rotatable bonds is 7. The van der Waals surface area contributed by atoms with Crippen LogP contribution in [0.1, 0.15) is 19.4 Å². The molecule has 1 unspecified atom stereocenters. The van der Waals surface area contributed by atoms with Crippen LogP contribution >= 0.6 is 11.6 Å². The molecule has 8 heteroatoms. The summed E-state index contributed by atoms with van der Waals surface area (Å²) in [6.45, 7) is 7.71. The Balaban J connectivity index is 1.57. The van der Waals surface area contributed by atoms with Crippen molar-refractivity contribution in [3.8, 4) is 17.2 Å². The summed E-state index contributed by atoms with van der Waals surface area (Å²) in [7, 11) is 0. The molecule has 166 valence electrons. The highest BCUT2D eigenvalue weighted by atomic mass is 35.5. The predicted octanol–water partition coefficient (Wildman–Crippen LogP) is 3.92. The topological polar surface area (TPSA) is 69.3 Å². The summed E-state index contributed by atoms with van der Waals surface area (Å²) >= 11 is 6.06. The molecule has 2 aromatic carbocycles. The molecule has 1 amide bonds. The van der Waals surface area contributed by atoms with E-state index in [1.54, 1.807) is 12.1 Å². The summed E-state index contributed by atoms with van der Waals surface area (Å²) in [5.41, 5.74) is 2.42. The van der Waals surface area contributed by atoms with Crippen molar-refractivity contribution in [3.63, 3.8) is 0 Å². The fourth-order valence-corrected chi connectivity index (χ4v) is 4.02. The normalized spacial score (nSPS) is 17.6. The number of nitrogens with zero attached hydrogens (tertiary/aromatic N) is 1. The second-order valence-corrected chi connectivity index (χ2v) is 7.77. The second kappa shape index (κ2) is 9.66. The van der Waals surface area contributed by atoms with Crippen LogP contribution < -0.4 is 24.4 Å². The Labute approximate surface area is 187 Å². The van der Waals surface area contributed by atoms with Crippen LogP contribution in [0.5, 0.6) is 17.2 Å². The summed E-state index contributed by atoms with van der Waals surface area (Å²) in [5.74, 6) is 1.74. The SMILES string of the molecule is CCOc1cc(N2CCOCC2)c(OCC)cc1NC(=O)C1Cc2cc(Cl)ccc2O1. The summed E-state index contributed by atoms with van der Waals surface area (Å²) < 4.78 is 23.1. The average molecular weight is 447 g/mol. The van der Waals surface area contributed by atoms with Crippen molar-refractivity contribution in [2.24, 2.45) is 0 Å². The molecule has 2 aliphatic rings. The Morgan fingerprint density at radius 2 is 1.87 bits per heavy atom. The first kappa shape index (κ1) is 21.6. The maximum absolute atomic E-state index is 13.0. The molecule has 1 saturated heterocycles. The zero-order valence-corrected chi connectivity index (χ0v) is 18.5. The first-order valence-electron chi connectivity index (χ1n) is 10.6. The van der Waals surface area contributed by atoms with E-state index in [4.69, 9.17) is 30.5 Å². The van der Waals surface area contributed by atoms with E-state index in [1.807, 2.05) is 32.0 Å². The molecule has 0 radical (unpaired) electrons. The minimum atomic E-state index is -0.627. The number of morpholine rings is 1. The van der Waals surface area contributed by atoms with Crippen LogP contribution in [0.4, 0.5) is 11.4 Å². The number of fused-ring (bicyclic) bond motifs is 1. The molecule has 7 nitrogen and oxygen atoms in total. The zero-order chi connectivity index (χ0) is 21.8. The highest BCUT2D eigenvalue weighted by molar-refractivity contribution is 6.30. The van der Waals surface area contributed by atoms with Crippen molar-refractivity contribution in [3.05, 3.63) is 40.9 Å². The lowest BCUT2D eigenvalue weighted by Crippen LogP contribution is -2.36. The quantitative estimate of drug-likeness (QED) is 0.695. The summed E-state index contributed by atoms with van der Waals surface area (Å²) in [4.78, 5) is 15.2. The molecule has 0 bridgehead atoms. The van der Waals surface area contributed by atoms with Crippen molar-refractivity contribution in [1.82, 2.24) is 0 Å². The highest BCUT2D eigenvalue weighted by Crippen LogP contribution is 2.40. The van der Waals surface area contributed by atoms with Crippen molar-refractivity contribution >= 4 is 28.9 Å². The Hall–Kier alpha value is -2.64. The molecule has 1 N–H and O–H groups in total. The van der Waals surface area contributed by atoms with Crippen LogP contribution in [0.15, 0.2) is 30.3 Å². The van der Waals surface area contributed by atoms with Gasteiger partial charge in [0.2, 0.25) is 0 Å². The molecule has 1 fully saturated rings. The fourth-order valence-electron chi connectivity index (χ4n) is 3.82. The van der Waals surface area contributed by atoms with Gasteiger partial charge in [-0.05, 0) is 37.6 Å². The Bertz CT molecular complexity index is 946. The standard InChI is InChI=1S/C23H27ClN2O5/c1-3-29-20-14-18(26-7-9-28-10-8-26)21(30-4-2)13-17(20)25-23(27)22-12-15-11-16(24)5-6-19(15)31-22/h5-6,11,13-14,22H,3-4,7-10,12H2,1-2H3,(H,25,27). The average Bonchev–Trinajstić information content (AvgIpc) is 3.19. The van der Waals surface area contributed by atoms with Crippen LogP contribution in [0, 0.1) is 0 Å². The molecule has 2 heterocycles. The third-order valence-electron chi connectivity index (χ3n) is 5.26. The number of benzene rings is 2. The van der Waals surface area contributed by atoms with Crippen LogP contribution in [-0.2, 0) is 16.0 Å². The summed E-state index contributed by atoms with van der Waals surface area (Å²) in [5, 5.41) is 3.60. The van der Waals surface area contributed by atoms with E-state index in [-0.39, 0.29) is 5.91 Å². The van der Waals surface area contributed by atoms with Gasteiger partial charge in [0.25, 0.3) is 5.91 Å². The number of anilines is 2. The van der Waals surface area contributed by atoms with Gasteiger partial charge in [-0.1, -0.05) is 11.6 Å². The molecule has 1 atom stereocenters. The minimum absolute atomic E-state index is 0.241. The number of hydrogen-bond acceptors (Lipinski definition) is 6. The van der Waals surface area contributed by atoms with Crippen LogP contribution in [0.3, 0.4) is 0 Å². The van der Waals surface area contributed by atoms with Gasteiger partial charge < -0.3 is 29.2 Å². The van der Waals surface area contributed by atoms with Crippen molar-refractivity contribution in [1.29, 1.82) is 0 Å². The Kier molecular flexibility index (Phi) is 6.73. The fraction of sp³-hybridized carbons (Fsp3) is 0.435. The smallest absolute Gasteiger partial charge is 0.265 e. The largest absolute Gasteiger partial charge is 0.492 e. The molecule has 4 rings (SSSR count). The molecule has 31 heavy (non-hydrogen) atoms. The van der Waals surface area contributed by atoms with Crippen molar-refractivity contribution < 1.29 is 23.7 Å². The van der Waals surface area contributed by atoms with E-state index in [0.29, 0.717) is 60.8 Å². The van der Waals surface area contributed by atoms with E-state index < -0.39 is 6.10 Å². The van der Waals surface area contributed by atoms with Gasteiger partial charge in [-0.3, -0.25) is 4.79 Å². The Morgan fingerprint density at radius 3 is 2.61 bits per heavy atom. The van der Waals surface area contributed by atoms with E-state index in [2.05, 4.69) is 10.2 Å². The van der Waals surface area contributed by atoms with Crippen LogP contribution in [-0.4, -0.2) is 51.5 Å². The maximum atomic E-state index is 13.0. The monoisotopic (exact) mass is 446 g/mol. The van der Waals surface area contributed by atoms with Gasteiger partial charge in [-0.2, -0.15) is 0 Å². The number of carbonyl (C=O) groups is 1. The van der Waals surface area contributed by atoms with Crippen molar-refractivity contribution in [2.45, 2.75) is 26.4 Å². The maximum Gasteiger partial charge on any atom is 0.265 e. The van der Waals surface area contributed by atoms with Gasteiger partial charge in [0.15, 0.2) is 6.10 Å². The van der Waals surface area contributed by atoms with Gasteiger partial charge in [0, 0.05) is 36.7 Å². The zero-order valence-electron chi connectivity index (χ0n) is 17.8. The number of halogens is 1. The van der Waals surface area contributed by atoms with E-state index in [0.717, 1.165) is 24.3 Å². The summed E-state index contributed by atoms with van der Waals surface area (Å²) in [6.07, 6.45) is -0.159. The lowest BCUT2D eigenvalue weighted by atomic mass is 10.1. The van der Waals surface area contributed by atoms with Gasteiger partial charge in [0.05, 0.1) is 37.8 Å². The number of hydrogen-bond donors (Lipinski definition) is 1. The predicted molar refractivity (Wildman–Crippen MR) is 120 cm³/mol. The number of amides is 1. The third-order valence-corrected chi connectivity index (χ3v) is 5.50. The highest BCUT2D eigenvalue weighted by Gasteiger charge is 2.30. The molecule has 0 aliphatic carbocycles. The van der Waals surface area contributed by atoms with Gasteiger partial charge in [-0.15, -0.1) is 0 Å². The van der Waals surface area contributed by atoms with Gasteiger partial charge in [-0.25, -0.2) is 0 Å². The third kappa shape index (κ3) is 4.83. The van der Waals surface area contributed by atoms with Gasteiger partial charge in [0.1, 0.15) is 17.2 Å². The van der Waals surface area contributed by atoms with Crippen LogP contribution in [0.2, 0.25) is 5.02 Å². The second-order valence-electron chi connectivity index (χ2n) is 7.33. The number of nitrogens with one attached hydrogen (secondary N) is 1. The van der Waals surface area contributed by atoms with E-state index in [9.17, 15) is 4.79 Å². The number of carbonyl (C=O) groups excluding carboxylic acids is 1. The first-order chi connectivity index (χ1) is 15.1. The molecule has 2 aromatic rings. The number of ether oxygens (including phenoxy) is 4. The summed E-state index contributed by atoms with van der Waals surface area (Å²) in [6, 6.07) is 9.14. The van der Waals surface area contributed by atoms with E-state index in [1.165, 1.54) is 0 Å². The van der Waals surface area contributed by atoms with Gasteiger partial charge >= 0.3 is 0 Å². The Morgan fingerprint density at radius 1 is 1.13 bits per heavy atom. The lowest BCUT2D eigenvalue weighted by molar-refractivity contribution is -0.122.